The van der Waals surface area contributed by atoms with E-state index in [4.69, 9.17) is 9.47 Å². The van der Waals surface area contributed by atoms with E-state index >= 15 is 0 Å². The average Bonchev–Trinajstić information content (AvgIpc) is 2.91. The zero-order chi connectivity index (χ0) is 28.3. The van der Waals surface area contributed by atoms with Gasteiger partial charge in [0.1, 0.15) is 18.5 Å². The number of sulfonamides is 1. The lowest BCUT2D eigenvalue weighted by molar-refractivity contribution is -0.123. The highest BCUT2D eigenvalue weighted by atomic mass is 32.2. The minimum Gasteiger partial charge on any atom is -0.493 e. The predicted molar refractivity (Wildman–Crippen MR) is 151 cm³/mol. The Bertz CT molecular complexity index is 1250. The first kappa shape index (κ1) is 30.5. The molecule has 9 heteroatoms. The van der Waals surface area contributed by atoms with Crippen LogP contribution >= 0.6 is 0 Å². The first-order valence-electron chi connectivity index (χ1n) is 13.5. The first-order valence-corrected chi connectivity index (χ1v) is 15.1. The van der Waals surface area contributed by atoms with Crippen LogP contribution in [0.1, 0.15) is 57.1 Å². The van der Waals surface area contributed by atoms with Gasteiger partial charge in [0.2, 0.25) is 15.9 Å². The molecule has 0 bridgehead atoms. The Morgan fingerprint density at radius 2 is 1.79 bits per heavy atom. The van der Waals surface area contributed by atoms with Gasteiger partial charge >= 0.3 is 0 Å². The molecule has 1 aliphatic carbocycles. The van der Waals surface area contributed by atoms with Gasteiger partial charge in [0.15, 0.2) is 11.5 Å². The van der Waals surface area contributed by atoms with Gasteiger partial charge in [0.05, 0.1) is 12.9 Å². The third kappa shape index (κ3) is 10.2. The standard InChI is InChI=1S/C30H39FN2O5S/c1-22(2)29(33-39(35,36)21-25-8-5-4-6-9-25)30(34)32-18-17-24-13-16-27(28(20-24)37-3)38-19-7-10-23-11-14-26(31)15-12-23/h11-16,20,22,25,29,33H,4-6,8-9,17-19,21H2,1-3H3,(H,32,34). The van der Waals surface area contributed by atoms with E-state index in [0.717, 1.165) is 37.7 Å². The summed E-state index contributed by atoms with van der Waals surface area (Å²) < 4.78 is 52.3. The number of halogens is 1. The number of ether oxygens (including phenoxy) is 2. The maximum absolute atomic E-state index is 13.0. The molecule has 1 unspecified atom stereocenters. The Morgan fingerprint density at radius 1 is 1.08 bits per heavy atom. The van der Waals surface area contributed by atoms with Crippen LogP contribution in [0, 0.1) is 29.5 Å². The van der Waals surface area contributed by atoms with E-state index in [-0.39, 0.29) is 35.9 Å². The zero-order valence-electron chi connectivity index (χ0n) is 23.0. The molecule has 39 heavy (non-hydrogen) atoms. The molecule has 0 radical (unpaired) electrons. The van der Waals surface area contributed by atoms with Crippen molar-refractivity contribution in [3.05, 3.63) is 59.4 Å². The Hall–Kier alpha value is -3.09. The van der Waals surface area contributed by atoms with E-state index in [2.05, 4.69) is 21.9 Å². The molecule has 0 spiro atoms. The zero-order valence-corrected chi connectivity index (χ0v) is 23.8. The lowest BCUT2D eigenvalue weighted by atomic mass is 9.91. The van der Waals surface area contributed by atoms with E-state index in [1.807, 2.05) is 26.0 Å². The van der Waals surface area contributed by atoms with Crippen LogP contribution in [-0.4, -0.2) is 46.4 Å². The van der Waals surface area contributed by atoms with Gasteiger partial charge in [-0.2, -0.15) is 0 Å². The maximum atomic E-state index is 13.0. The quantitative estimate of drug-likeness (QED) is 0.376. The van der Waals surface area contributed by atoms with Crippen LogP contribution in [0.25, 0.3) is 0 Å². The minimum atomic E-state index is -3.55. The third-order valence-corrected chi connectivity index (χ3v) is 8.28. The molecule has 1 fully saturated rings. The topological polar surface area (TPSA) is 93.7 Å². The van der Waals surface area contributed by atoms with Gasteiger partial charge in [-0.25, -0.2) is 17.5 Å². The summed E-state index contributed by atoms with van der Waals surface area (Å²) in [6.45, 7) is 4.15. The Kier molecular flexibility index (Phi) is 11.6. The summed E-state index contributed by atoms with van der Waals surface area (Å²) in [4.78, 5) is 12.9. The van der Waals surface area contributed by atoms with Gasteiger partial charge in [-0.05, 0) is 73.1 Å². The maximum Gasteiger partial charge on any atom is 0.238 e. The lowest BCUT2D eigenvalue weighted by Gasteiger charge is -2.25. The highest BCUT2D eigenvalue weighted by Crippen LogP contribution is 2.28. The SMILES string of the molecule is COc1cc(CCNC(=O)C(NS(=O)(=O)CC2CCCCC2)C(C)C)ccc1OCC#Cc1ccc(F)cc1. The van der Waals surface area contributed by atoms with Gasteiger partial charge in [0, 0.05) is 12.1 Å². The van der Waals surface area contributed by atoms with Crippen LogP contribution in [0.3, 0.4) is 0 Å². The average molecular weight is 559 g/mol. The van der Waals surface area contributed by atoms with Crippen molar-refractivity contribution >= 4 is 15.9 Å². The van der Waals surface area contributed by atoms with Gasteiger partial charge in [-0.15, -0.1) is 0 Å². The molecule has 3 rings (SSSR count). The number of amides is 1. The van der Waals surface area contributed by atoms with E-state index in [1.165, 1.54) is 12.1 Å². The summed E-state index contributed by atoms with van der Waals surface area (Å²) >= 11 is 0. The number of methoxy groups -OCH3 is 1. The van der Waals surface area contributed by atoms with Gasteiger partial charge in [0.25, 0.3) is 0 Å². The van der Waals surface area contributed by atoms with Crippen molar-refractivity contribution in [3.8, 4) is 23.3 Å². The largest absolute Gasteiger partial charge is 0.493 e. The monoisotopic (exact) mass is 558 g/mol. The molecule has 1 amide bonds. The van der Waals surface area contributed by atoms with Crippen molar-refractivity contribution in [3.63, 3.8) is 0 Å². The van der Waals surface area contributed by atoms with Crippen molar-refractivity contribution in [1.82, 2.24) is 10.0 Å². The first-order chi connectivity index (χ1) is 18.7. The molecule has 1 atom stereocenters. The van der Waals surface area contributed by atoms with E-state index < -0.39 is 16.1 Å². The lowest BCUT2D eigenvalue weighted by Crippen LogP contribution is -2.51. The molecule has 7 nitrogen and oxygen atoms in total. The molecule has 0 saturated heterocycles. The second-order valence-electron chi connectivity index (χ2n) is 10.2. The summed E-state index contributed by atoms with van der Waals surface area (Å²) in [6.07, 6.45) is 5.68. The summed E-state index contributed by atoms with van der Waals surface area (Å²) in [5.41, 5.74) is 1.62. The summed E-state index contributed by atoms with van der Waals surface area (Å²) in [7, 11) is -2.01. The minimum absolute atomic E-state index is 0.0789. The van der Waals surface area contributed by atoms with E-state index in [1.54, 1.807) is 25.3 Å². The molecule has 0 heterocycles. The predicted octanol–water partition coefficient (Wildman–Crippen LogP) is 4.45. The van der Waals surface area contributed by atoms with Crippen molar-refractivity contribution in [2.45, 2.75) is 58.4 Å². The van der Waals surface area contributed by atoms with Crippen LogP contribution in [0.2, 0.25) is 0 Å². The van der Waals surface area contributed by atoms with Crippen LogP contribution in [0.4, 0.5) is 4.39 Å². The third-order valence-electron chi connectivity index (χ3n) is 6.75. The fourth-order valence-corrected chi connectivity index (χ4v) is 6.43. The van der Waals surface area contributed by atoms with E-state index in [0.29, 0.717) is 30.0 Å². The number of nitrogens with one attached hydrogen (secondary N) is 2. The molecular formula is C30H39FN2O5S. The Labute approximate surface area is 231 Å². The second-order valence-corrected chi connectivity index (χ2v) is 12.0. The molecule has 2 aromatic carbocycles. The number of hydrogen-bond acceptors (Lipinski definition) is 5. The van der Waals surface area contributed by atoms with Gasteiger partial charge in [-0.1, -0.05) is 51.0 Å². The Morgan fingerprint density at radius 3 is 2.46 bits per heavy atom. The number of carbonyl (C=O) groups excluding carboxylic acids is 1. The smallest absolute Gasteiger partial charge is 0.238 e. The molecule has 0 aliphatic heterocycles. The van der Waals surface area contributed by atoms with Crippen LogP contribution in [0.15, 0.2) is 42.5 Å². The number of carbonyl (C=O) groups is 1. The van der Waals surface area contributed by atoms with Crippen molar-refractivity contribution in [2.75, 3.05) is 26.0 Å². The van der Waals surface area contributed by atoms with Crippen molar-refractivity contribution in [2.24, 2.45) is 11.8 Å². The van der Waals surface area contributed by atoms with Crippen LogP contribution in [-0.2, 0) is 21.2 Å². The highest BCUT2D eigenvalue weighted by Gasteiger charge is 2.29. The molecule has 2 N–H and O–H groups in total. The second kappa shape index (κ2) is 14.9. The van der Waals surface area contributed by atoms with E-state index in [9.17, 15) is 17.6 Å². The number of benzene rings is 2. The highest BCUT2D eigenvalue weighted by molar-refractivity contribution is 7.89. The normalized spacial score (nSPS) is 14.8. The van der Waals surface area contributed by atoms with Crippen LogP contribution < -0.4 is 19.5 Å². The molecule has 0 aromatic heterocycles. The van der Waals surface area contributed by atoms with Gasteiger partial charge in [-0.3, -0.25) is 4.79 Å². The molecule has 1 aliphatic rings. The fourth-order valence-electron chi connectivity index (χ4n) is 4.61. The number of rotatable bonds is 12. The molecule has 2 aromatic rings. The van der Waals surface area contributed by atoms with Gasteiger partial charge < -0.3 is 14.8 Å². The Balaban J connectivity index is 1.50. The molecule has 1 saturated carbocycles. The summed E-state index contributed by atoms with van der Waals surface area (Å²) in [6, 6.07) is 10.6. The fraction of sp³-hybridized carbons (Fsp3) is 0.500. The summed E-state index contributed by atoms with van der Waals surface area (Å²) in [5, 5.41) is 2.87. The molecule has 212 valence electrons. The number of hydrogen-bond donors (Lipinski definition) is 2. The van der Waals surface area contributed by atoms with Crippen molar-refractivity contribution < 1.29 is 27.1 Å². The molecular weight excluding hydrogens is 519 g/mol. The van der Waals surface area contributed by atoms with Crippen molar-refractivity contribution in [1.29, 1.82) is 0 Å². The van der Waals surface area contributed by atoms with Crippen LogP contribution in [0.5, 0.6) is 11.5 Å². The summed E-state index contributed by atoms with van der Waals surface area (Å²) in [5.74, 6) is 6.30.